The molecule has 0 spiro atoms. The second kappa shape index (κ2) is 7.64. The van der Waals surface area contributed by atoms with Gasteiger partial charge in [0.2, 0.25) is 5.91 Å². The average Bonchev–Trinajstić information content (AvgIpc) is 2.49. The van der Waals surface area contributed by atoms with Crippen molar-refractivity contribution in [2.75, 3.05) is 25.4 Å². The van der Waals surface area contributed by atoms with Gasteiger partial charge >= 0.3 is 0 Å². The number of aliphatic hydroxyl groups is 1. The Morgan fingerprint density at radius 3 is 2.55 bits per heavy atom. The van der Waals surface area contributed by atoms with E-state index in [0.29, 0.717) is 11.7 Å². The molecule has 1 amide bonds. The van der Waals surface area contributed by atoms with Gasteiger partial charge in [-0.05, 0) is 36.5 Å². The zero-order chi connectivity index (χ0) is 14.4. The molecule has 1 fully saturated rings. The van der Waals surface area contributed by atoms with Crippen molar-refractivity contribution < 1.29 is 14.3 Å². The Hall–Kier alpha value is -1.07. The summed E-state index contributed by atoms with van der Waals surface area (Å²) < 4.78 is 12.8. The number of likely N-dealkylation sites (tertiary alicyclic amines) is 1. The van der Waals surface area contributed by atoms with Crippen LogP contribution in [0, 0.1) is 11.7 Å². The van der Waals surface area contributed by atoms with E-state index >= 15 is 0 Å². The lowest BCUT2D eigenvalue weighted by Gasteiger charge is -2.31. The molecule has 0 unspecified atom stereocenters. The topological polar surface area (TPSA) is 40.5 Å². The van der Waals surface area contributed by atoms with Crippen LogP contribution < -0.4 is 0 Å². The second-order valence-corrected chi connectivity index (χ2v) is 6.11. The number of halogens is 1. The molecule has 0 radical (unpaired) electrons. The number of aliphatic hydroxyl groups excluding tert-OH is 1. The van der Waals surface area contributed by atoms with Gasteiger partial charge in [0.05, 0.1) is 5.75 Å². The first kappa shape index (κ1) is 15.3. The predicted octanol–water partition coefficient (Wildman–Crippen LogP) is 2.29. The maximum absolute atomic E-state index is 12.8. The normalized spacial score (nSPS) is 16.4. The van der Waals surface area contributed by atoms with E-state index < -0.39 is 0 Å². The molecule has 5 heteroatoms. The SMILES string of the molecule is O=C(CSCc1ccc(F)cc1)N1CCC(CO)CC1. The van der Waals surface area contributed by atoms with Gasteiger partial charge in [0.25, 0.3) is 0 Å². The third kappa shape index (κ3) is 4.49. The smallest absolute Gasteiger partial charge is 0.232 e. The first-order valence-corrected chi connectivity index (χ1v) is 8.05. The third-order valence-electron chi connectivity index (χ3n) is 3.63. The highest BCUT2D eigenvalue weighted by atomic mass is 32.2. The first-order chi connectivity index (χ1) is 9.69. The summed E-state index contributed by atoms with van der Waals surface area (Å²) >= 11 is 1.56. The first-order valence-electron chi connectivity index (χ1n) is 6.90. The van der Waals surface area contributed by atoms with E-state index in [1.165, 1.54) is 12.1 Å². The van der Waals surface area contributed by atoms with Crippen molar-refractivity contribution in [3.63, 3.8) is 0 Å². The maximum Gasteiger partial charge on any atom is 0.232 e. The minimum atomic E-state index is -0.235. The number of benzene rings is 1. The summed E-state index contributed by atoms with van der Waals surface area (Å²) in [6.45, 7) is 1.73. The lowest BCUT2D eigenvalue weighted by atomic mass is 9.98. The average molecular weight is 297 g/mol. The lowest BCUT2D eigenvalue weighted by molar-refractivity contribution is -0.129. The van der Waals surface area contributed by atoms with E-state index in [9.17, 15) is 9.18 Å². The Balaban J connectivity index is 1.69. The van der Waals surface area contributed by atoms with Gasteiger partial charge in [-0.15, -0.1) is 11.8 Å². The molecule has 3 nitrogen and oxygen atoms in total. The number of thioether (sulfide) groups is 1. The molecular weight excluding hydrogens is 277 g/mol. The van der Waals surface area contributed by atoms with Gasteiger partial charge < -0.3 is 10.0 Å². The van der Waals surface area contributed by atoms with Gasteiger partial charge in [-0.3, -0.25) is 4.79 Å². The van der Waals surface area contributed by atoms with Crippen LogP contribution in [0.2, 0.25) is 0 Å². The molecule has 0 aromatic heterocycles. The molecule has 0 bridgehead atoms. The summed E-state index contributed by atoms with van der Waals surface area (Å²) in [5, 5.41) is 9.07. The second-order valence-electron chi connectivity index (χ2n) is 5.13. The Labute approximate surface area is 123 Å². The zero-order valence-corrected chi connectivity index (χ0v) is 12.2. The van der Waals surface area contributed by atoms with Crippen LogP contribution in [0.4, 0.5) is 4.39 Å². The van der Waals surface area contributed by atoms with Crippen LogP contribution in [-0.2, 0) is 10.5 Å². The van der Waals surface area contributed by atoms with Crippen LogP contribution in [0.3, 0.4) is 0 Å². The van der Waals surface area contributed by atoms with Crippen molar-refractivity contribution in [3.8, 4) is 0 Å². The lowest BCUT2D eigenvalue weighted by Crippen LogP contribution is -2.40. The molecule has 1 heterocycles. The van der Waals surface area contributed by atoms with Crippen molar-refractivity contribution in [3.05, 3.63) is 35.6 Å². The van der Waals surface area contributed by atoms with Gasteiger partial charge in [0, 0.05) is 25.4 Å². The van der Waals surface area contributed by atoms with Crippen LogP contribution in [0.25, 0.3) is 0 Å². The van der Waals surface area contributed by atoms with Gasteiger partial charge in [-0.25, -0.2) is 4.39 Å². The van der Waals surface area contributed by atoms with Crippen LogP contribution in [0.15, 0.2) is 24.3 Å². The van der Waals surface area contributed by atoms with Crippen molar-refractivity contribution in [1.29, 1.82) is 0 Å². The number of amides is 1. The highest BCUT2D eigenvalue weighted by molar-refractivity contribution is 7.99. The van der Waals surface area contributed by atoms with Crippen LogP contribution in [0.1, 0.15) is 18.4 Å². The Morgan fingerprint density at radius 2 is 1.95 bits per heavy atom. The quantitative estimate of drug-likeness (QED) is 0.906. The molecule has 110 valence electrons. The summed E-state index contributed by atoms with van der Waals surface area (Å²) in [6, 6.07) is 6.38. The van der Waals surface area contributed by atoms with E-state index in [1.807, 2.05) is 4.90 Å². The molecule has 1 saturated heterocycles. The highest BCUT2D eigenvalue weighted by Crippen LogP contribution is 2.18. The van der Waals surface area contributed by atoms with E-state index in [1.54, 1.807) is 23.9 Å². The molecule has 1 aliphatic rings. The van der Waals surface area contributed by atoms with E-state index in [4.69, 9.17) is 5.11 Å². The standard InChI is InChI=1S/C15H20FNO2S/c16-14-3-1-13(2-4-14)10-20-11-15(19)17-7-5-12(9-18)6-8-17/h1-4,12,18H,5-11H2. The van der Waals surface area contributed by atoms with E-state index in [-0.39, 0.29) is 18.3 Å². The summed E-state index contributed by atoms with van der Waals surface area (Å²) in [5.74, 6) is 1.46. The fourth-order valence-corrected chi connectivity index (χ4v) is 3.18. The number of nitrogens with zero attached hydrogens (tertiary/aromatic N) is 1. The van der Waals surface area contributed by atoms with Crippen LogP contribution >= 0.6 is 11.8 Å². The molecule has 1 aromatic carbocycles. The summed E-state index contributed by atoms with van der Waals surface area (Å²) in [4.78, 5) is 13.9. The molecule has 0 saturated carbocycles. The summed E-state index contributed by atoms with van der Waals surface area (Å²) in [7, 11) is 0. The molecule has 1 aliphatic heterocycles. The molecular formula is C15H20FNO2S. The molecule has 2 rings (SSSR count). The maximum atomic E-state index is 12.8. The fraction of sp³-hybridized carbons (Fsp3) is 0.533. The minimum absolute atomic E-state index is 0.161. The number of hydrogen-bond donors (Lipinski definition) is 1. The van der Waals surface area contributed by atoms with Gasteiger partial charge in [0.15, 0.2) is 0 Å². The number of carbonyl (C=O) groups excluding carboxylic acids is 1. The summed E-state index contributed by atoms with van der Waals surface area (Å²) in [6.07, 6.45) is 1.79. The monoisotopic (exact) mass is 297 g/mol. The van der Waals surface area contributed by atoms with Crippen LogP contribution in [-0.4, -0.2) is 41.4 Å². The Morgan fingerprint density at radius 1 is 1.30 bits per heavy atom. The number of carbonyl (C=O) groups is 1. The van der Waals surface area contributed by atoms with Gasteiger partial charge in [0.1, 0.15) is 5.82 Å². The predicted molar refractivity (Wildman–Crippen MR) is 79.0 cm³/mol. The Kier molecular flexibility index (Phi) is 5.86. The molecule has 1 N–H and O–H groups in total. The number of hydrogen-bond acceptors (Lipinski definition) is 3. The fourth-order valence-electron chi connectivity index (χ4n) is 2.29. The number of piperidine rings is 1. The largest absolute Gasteiger partial charge is 0.396 e. The Bertz CT molecular complexity index is 430. The van der Waals surface area contributed by atoms with Gasteiger partial charge in [-0.2, -0.15) is 0 Å². The number of rotatable bonds is 5. The van der Waals surface area contributed by atoms with Crippen molar-refractivity contribution in [2.45, 2.75) is 18.6 Å². The third-order valence-corrected chi connectivity index (χ3v) is 4.62. The van der Waals surface area contributed by atoms with Crippen LogP contribution in [0.5, 0.6) is 0 Å². The van der Waals surface area contributed by atoms with E-state index in [2.05, 4.69) is 0 Å². The molecule has 0 aliphatic carbocycles. The van der Waals surface area contributed by atoms with Crippen molar-refractivity contribution in [1.82, 2.24) is 4.90 Å². The van der Waals surface area contributed by atoms with Crippen molar-refractivity contribution in [2.24, 2.45) is 5.92 Å². The zero-order valence-electron chi connectivity index (χ0n) is 11.4. The minimum Gasteiger partial charge on any atom is -0.396 e. The molecule has 20 heavy (non-hydrogen) atoms. The van der Waals surface area contributed by atoms with Gasteiger partial charge in [-0.1, -0.05) is 12.1 Å². The van der Waals surface area contributed by atoms with E-state index in [0.717, 1.165) is 37.2 Å². The molecule has 1 aromatic rings. The highest BCUT2D eigenvalue weighted by Gasteiger charge is 2.21. The molecule has 0 atom stereocenters. The summed E-state index contributed by atoms with van der Waals surface area (Å²) in [5.41, 5.74) is 1.03. The van der Waals surface area contributed by atoms with Crippen molar-refractivity contribution >= 4 is 17.7 Å².